The van der Waals surface area contributed by atoms with Crippen LogP contribution in [0.2, 0.25) is 5.02 Å². The number of aliphatic hydroxyl groups excluding tert-OH is 1. The highest BCUT2D eigenvalue weighted by Gasteiger charge is 2.25. The molecule has 1 atom stereocenters. The average molecular weight is 297 g/mol. The molecule has 0 aromatic heterocycles. The fraction of sp³-hybridized carbons (Fsp3) is 0.400. The summed E-state index contributed by atoms with van der Waals surface area (Å²) in [6.07, 6.45) is -0.832. The number of aliphatic hydroxyl groups is 1. The van der Waals surface area contributed by atoms with Gasteiger partial charge in [0, 0.05) is 13.6 Å². The summed E-state index contributed by atoms with van der Waals surface area (Å²) in [7, 11) is -2.62. The fourth-order valence-electron chi connectivity index (χ4n) is 1.38. The van der Waals surface area contributed by atoms with Gasteiger partial charge in [0.05, 0.1) is 16.8 Å². The van der Waals surface area contributed by atoms with Gasteiger partial charge in [0.25, 0.3) is 0 Å². The SMILES string of the molecule is CC(O)CN(C)S(=O)(=O)c1cc(N)c(F)cc1Cl. The van der Waals surface area contributed by atoms with Gasteiger partial charge < -0.3 is 10.8 Å². The molecular formula is C10H14ClFN2O3S. The summed E-state index contributed by atoms with van der Waals surface area (Å²) >= 11 is 5.70. The quantitative estimate of drug-likeness (QED) is 0.814. The molecule has 1 unspecified atom stereocenters. The maximum atomic E-state index is 13.1. The third-order valence-electron chi connectivity index (χ3n) is 2.26. The van der Waals surface area contributed by atoms with E-state index in [0.717, 1.165) is 16.4 Å². The zero-order valence-corrected chi connectivity index (χ0v) is 11.5. The van der Waals surface area contributed by atoms with Gasteiger partial charge in [-0.15, -0.1) is 0 Å². The smallest absolute Gasteiger partial charge is 0.244 e. The van der Waals surface area contributed by atoms with Crippen molar-refractivity contribution in [3.63, 3.8) is 0 Å². The van der Waals surface area contributed by atoms with E-state index in [9.17, 15) is 17.9 Å². The van der Waals surface area contributed by atoms with E-state index in [-0.39, 0.29) is 22.2 Å². The van der Waals surface area contributed by atoms with Gasteiger partial charge in [-0.2, -0.15) is 4.31 Å². The largest absolute Gasteiger partial charge is 0.396 e. The lowest BCUT2D eigenvalue weighted by molar-refractivity contribution is 0.171. The Hall–Kier alpha value is -0.890. The van der Waals surface area contributed by atoms with Gasteiger partial charge in [-0.05, 0) is 19.1 Å². The Bertz CT molecular complexity index is 548. The van der Waals surface area contributed by atoms with Crippen LogP contribution in [0.4, 0.5) is 10.1 Å². The molecule has 0 aliphatic heterocycles. The summed E-state index contributed by atoms with van der Waals surface area (Å²) in [5.41, 5.74) is 5.02. The highest BCUT2D eigenvalue weighted by molar-refractivity contribution is 7.89. The van der Waals surface area contributed by atoms with Crippen LogP contribution in [0.3, 0.4) is 0 Å². The van der Waals surface area contributed by atoms with Crippen LogP contribution >= 0.6 is 11.6 Å². The van der Waals surface area contributed by atoms with E-state index < -0.39 is 21.9 Å². The van der Waals surface area contributed by atoms with Gasteiger partial charge in [0.1, 0.15) is 10.7 Å². The van der Waals surface area contributed by atoms with Crippen LogP contribution in [-0.4, -0.2) is 37.5 Å². The van der Waals surface area contributed by atoms with Gasteiger partial charge in [0.2, 0.25) is 10.0 Å². The van der Waals surface area contributed by atoms with Crippen molar-refractivity contribution in [2.24, 2.45) is 0 Å². The van der Waals surface area contributed by atoms with Crippen LogP contribution in [0, 0.1) is 5.82 Å². The second-order valence-corrected chi connectivity index (χ2v) is 6.36. The molecule has 8 heteroatoms. The molecule has 5 nitrogen and oxygen atoms in total. The number of likely N-dealkylation sites (N-methyl/N-ethyl adjacent to an activating group) is 1. The highest BCUT2D eigenvalue weighted by Crippen LogP contribution is 2.28. The number of sulfonamides is 1. The van der Waals surface area contributed by atoms with Crippen molar-refractivity contribution in [1.29, 1.82) is 0 Å². The van der Waals surface area contributed by atoms with E-state index >= 15 is 0 Å². The summed E-state index contributed by atoms with van der Waals surface area (Å²) in [4.78, 5) is -0.286. The van der Waals surface area contributed by atoms with Crippen LogP contribution in [0.25, 0.3) is 0 Å². The molecule has 0 aliphatic carbocycles. The van der Waals surface area contributed by atoms with Crippen molar-refractivity contribution in [2.75, 3.05) is 19.3 Å². The van der Waals surface area contributed by atoms with E-state index in [1.54, 1.807) is 0 Å². The van der Waals surface area contributed by atoms with Crippen molar-refractivity contribution < 1.29 is 17.9 Å². The monoisotopic (exact) mass is 296 g/mol. The second-order valence-electron chi connectivity index (χ2n) is 3.94. The Kier molecular flexibility index (Phi) is 4.55. The molecular weight excluding hydrogens is 283 g/mol. The Morgan fingerprint density at radius 1 is 1.56 bits per heavy atom. The minimum atomic E-state index is -3.91. The standard InChI is InChI=1S/C10H14ClFN2O3S/c1-6(15)5-14(2)18(16,17)10-4-9(13)8(12)3-7(10)11/h3-4,6,15H,5,13H2,1-2H3. The van der Waals surface area contributed by atoms with Crippen molar-refractivity contribution in [2.45, 2.75) is 17.9 Å². The number of nitrogens with zero attached hydrogens (tertiary/aromatic N) is 1. The molecule has 1 aromatic rings. The molecule has 0 saturated carbocycles. The minimum absolute atomic E-state index is 0.101. The molecule has 0 radical (unpaired) electrons. The van der Waals surface area contributed by atoms with Crippen molar-refractivity contribution in [3.05, 3.63) is 23.0 Å². The third kappa shape index (κ3) is 3.11. The van der Waals surface area contributed by atoms with Crippen LogP contribution in [0.1, 0.15) is 6.92 Å². The lowest BCUT2D eigenvalue weighted by atomic mass is 10.3. The number of benzene rings is 1. The zero-order valence-electron chi connectivity index (χ0n) is 9.89. The molecule has 18 heavy (non-hydrogen) atoms. The summed E-state index contributed by atoms with van der Waals surface area (Å²) in [6, 6.07) is 1.81. The Morgan fingerprint density at radius 3 is 2.61 bits per heavy atom. The predicted octanol–water partition coefficient (Wildman–Crippen LogP) is 1.06. The summed E-state index contributed by atoms with van der Waals surface area (Å²) in [5.74, 6) is -0.780. The van der Waals surface area contributed by atoms with Crippen LogP contribution < -0.4 is 5.73 Å². The van der Waals surface area contributed by atoms with Crippen molar-refractivity contribution >= 4 is 27.3 Å². The molecule has 3 N–H and O–H groups in total. The van der Waals surface area contributed by atoms with Gasteiger partial charge in [0.15, 0.2) is 0 Å². The van der Waals surface area contributed by atoms with E-state index in [2.05, 4.69) is 0 Å². The fourth-order valence-corrected chi connectivity index (χ4v) is 3.15. The summed E-state index contributed by atoms with van der Waals surface area (Å²) in [5, 5.41) is 8.93. The van der Waals surface area contributed by atoms with E-state index in [0.29, 0.717) is 0 Å². The molecule has 0 saturated heterocycles. The normalized spacial score (nSPS) is 13.9. The van der Waals surface area contributed by atoms with E-state index in [1.807, 2.05) is 0 Å². The Labute approximate surface area is 110 Å². The van der Waals surface area contributed by atoms with E-state index in [4.69, 9.17) is 17.3 Å². The summed E-state index contributed by atoms with van der Waals surface area (Å²) < 4.78 is 38.2. The maximum Gasteiger partial charge on any atom is 0.244 e. The van der Waals surface area contributed by atoms with Gasteiger partial charge in [-0.25, -0.2) is 12.8 Å². The summed E-state index contributed by atoms with van der Waals surface area (Å²) in [6.45, 7) is 1.35. The molecule has 0 spiro atoms. The third-order valence-corrected chi connectivity index (χ3v) is 4.55. The first-order valence-electron chi connectivity index (χ1n) is 5.05. The average Bonchev–Trinajstić information content (AvgIpc) is 2.22. The number of nitrogen functional groups attached to an aromatic ring is 1. The van der Waals surface area contributed by atoms with Crippen molar-refractivity contribution in [1.82, 2.24) is 4.31 Å². The minimum Gasteiger partial charge on any atom is -0.396 e. The highest BCUT2D eigenvalue weighted by atomic mass is 35.5. The molecule has 0 fully saturated rings. The van der Waals surface area contributed by atoms with Crippen LogP contribution in [0.15, 0.2) is 17.0 Å². The number of nitrogens with two attached hydrogens (primary N) is 1. The number of hydrogen-bond acceptors (Lipinski definition) is 4. The lowest BCUT2D eigenvalue weighted by Crippen LogP contribution is -2.33. The first kappa shape index (κ1) is 15.2. The molecule has 102 valence electrons. The number of rotatable bonds is 4. The van der Waals surface area contributed by atoms with Crippen LogP contribution in [0.5, 0.6) is 0 Å². The second kappa shape index (κ2) is 5.40. The molecule has 1 aromatic carbocycles. The predicted molar refractivity (Wildman–Crippen MR) is 67.3 cm³/mol. The number of anilines is 1. The molecule has 0 bridgehead atoms. The Morgan fingerprint density at radius 2 is 2.11 bits per heavy atom. The number of hydrogen-bond donors (Lipinski definition) is 2. The van der Waals surface area contributed by atoms with Gasteiger partial charge in [-0.3, -0.25) is 0 Å². The zero-order chi connectivity index (χ0) is 14.1. The first-order chi connectivity index (χ1) is 8.16. The maximum absolute atomic E-state index is 13.1. The lowest BCUT2D eigenvalue weighted by Gasteiger charge is -2.19. The van der Waals surface area contributed by atoms with Crippen LogP contribution in [-0.2, 0) is 10.0 Å². The molecule has 0 heterocycles. The van der Waals surface area contributed by atoms with Gasteiger partial charge >= 0.3 is 0 Å². The van der Waals surface area contributed by atoms with Crippen molar-refractivity contribution in [3.8, 4) is 0 Å². The number of halogens is 2. The molecule has 0 aliphatic rings. The Balaban J connectivity index is 3.24. The topological polar surface area (TPSA) is 83.6 Å². The van der Waals surface area contributed by atoms with Gasteiger partial charge in [-0.1, -0.05) is 11.6 Å². The molecule has 1 rings (SSSR count). The first-order valence-corrected chi connectivity index (χ1v) is 6.87. The molecule has 0 amide bonds. The van der Waals surface area contributed by atoms with E-state index in [1.165, 1.54) is 14.0 Å².